The van der Waals surface area contributed by atoms with Crippen LogP contribution in [0.15, 0.2) is 28.4 Å². The number of carboxylic acids is 1. The maximum Gasteiger partial charge on any atom is 0.337 e. The second-order valence-corrected chi connectivity index (χ2v) is 7.07. The standard InChI is InChI=1S/C20H20N4O3/c1-2-3-9-20(22-23-20)10-7-17(25)24-11-8-16-15(12-24)13-5-4-6-14(19(26)27)18(13)21-16/h1,4-6,21H,3,7-12H2,(H,26,27). The molecule has 2 aliphatic heterocycles. The smallest absolute Gasteiger partial charge is 0.337 e. The molecule has 7 nitrogen and oxygen atoms in total. The summed E-state index contributed by atoms with van der Waals surface area (Å²) in [6, 6.07) is 5.24. The molecule has 0 aliphatic carbocycles. The van der Waals surface area contributed by atoms with E-state index in [1.54, 1.807) is 12.1 Å². The fourth-order valence-electron chi connectivity index (χ4n) is 3.76. The molecule has 0 bridgehead atoms. The lowest BCUT2D eigenvalue weighted by molar-refractivity contribution is -0.132. The number of carbonyl (C=O) groups is 2. The van der Waals surface area contributed by atoms with Gasteiger partial charge in [0.15, 0.2) is 5.66 Å². The number of hydrogen-bond acceptors (Lipinski definition) is 4. The summed E-state index contributed by atoms with van der Waals surface area (Å²) in [6.07, 6.45) is 8.26. The van der Waals surface area contributed by atoms with Gasteiger partial charge in [-0.1, -0.05) is 12.1 Å². The van der Waals surface area contributed by atoms with Crippen LogP contribution in [0.1, 0.15) is 47.3 Å². The molecule has 0 saturated heterocycles. The molecular formula is C20H20N4O3. The zero-order valence-electron chi connectivity index (χ0n) is 14.9. The minimum Gasteiger partial charge on any atom is -0.478 e. The largest absolute Gasteiger partial charge is 0.478 e. The van der Waals surface area contributed by atoms with E-state index in [1.165, 1.54) is 0 Å². The maximum absolute atomic E-state index is 12.7. The molecule has 0 fully saturated rings. The topological polar surface area (TPSA) is 98.1 Å². The highest BCUT2D eigenvalue weighted by Crippen LogP contribution is 2.38. The van der Waals surface area contributed by atoms with Crippen LogP contribution in [0.5, 0.6) is 0 Å². The van der Waals surface area contributed by atoms with Crippen molar-refractivity contribution in [3.63, 3.8) is 0 Å². The minimum absolute atomic E-state index is 0.0711. The fraction of sp³-hybridized carbons (Fsp3) is 0.400. The summed E-state index contributed by atoms with van der Waals surface area (Å²) in [5, 5.41) is 18.4. The Morgan fingerprint density at radius 3 is 2.85 bits per heavy atom. The van der Waals surface area contributed by atoms with E-state index < -0.39 is 11.6 Å². The van der Waals surface area contributed by atoms with Gasteiger partial charge in [0.2, 0.25) is 5.91 Å². The highest BCUT2D eigenvalue weighted by Gasteiger charge is 2.39. The molecule has 2 N–H and O–H groups in total. The van der Waals surface area contributed by atoms with Crippen molar-refractivity contribution in [2.24, 2.45) is 10.2 Å². The summed E-state index contributed by atoms with van der Waals surface area (Å²) in [5.41, 5.74) is 2.47. The Morgan fingerprint density at radius 2 is 2.15 bits per heavy atom. The number of rotatable bonds is 6. The predicted octanol–water partition coefficient (Wildman–Crippen LogP) is 3.11. The van der Waals surface area contributed by atoms with Crippen molar-refractivity contribution in [2.75, 3.05) is 6.54 Å². The highest BCUT2D eigenvalue weighted by molar-refractivity contribution is 6.03. The summed E-state index contributed by atoms with van der Waals surface area (Å²) < 4.78 is 0. The van der Waals surface area contributed by atoms with Crippen molar-refractivity contribution >= 4 is 22.8 Å². The Morgan fingerprint density at radius 1 is 1.33 bits per heavy atom. The van der Waals surface area contributed by atoms with Crippen molar-refractivity contribution in [1.82, 2.24) is 9.88 Å². The van der Waals surface area contributed by atoms with Crippen LogP contribution in [0, 0.1) is 12.3 Å². The average Bonchev–Trinajstić information content (AvgIpc) is 3.35. The summed E-state index contributed by atoms with van der Waals surface area (Å²) in [4.78, 5) is 29.2. The van der Waals surface area contributed by atoms with E-state index in [-0.39, 0.29) is 11.5 Å². The lowest BCUT2D eigenvalue weighted by atomic mass is 10.00. The van der Waals surface area contributed by atoms with Crippen molar-refractivity contribution in [3.05, 3.63) is 35.0 Å². The van der Waals surface area contributed by atoms with Gasteiger partial charge in [-0.3, -0.25) is 4.79 Å². The second-order valence-electron chi connectivity index (χ2n) is 7.07. The molecule has 3 heterocycles. The number of aromatic nitrogens is 1. The summed E-state index contributed by atoms with van der Waals surface area (Å²) in [7, 11) is 0. The van der Waals surface area contributed by atoms with Crippen LogP contribution < -0.4 is 0 Å². The van der Waals surface area contributed by atoms with Crippen LogP contribution in [-0.2, 0) is 17.8 Å². The van der Waals surface area contributed by atoms with E-state index in [4.69, 9.17) is 6.42 Å². The third-order valence-corrected chi connectivity index (χ3v) is 5.39. The average molecular weight is 364 g/mol. The van der Waals surface area contributed by atoms with Crippen LogP contribution in [-0.4, -0.2) is 39.1 Å². The molecule has 0 spiro atoms. The molecular weight excluding hydrogens is 344 g/mol. The molecule has 1 aromatic carbocycles. The number of fused-ring (bicyclic) bond motifs is 3. The van der Waals surface area contributed by atoms with E-state index >= 15 is 0 Å². The van der Waals surface area contributed by atoms with Gasteiger partial charge in [-0.15, -0.1) is 12.3 Å². The van der Waals surface area contributed by atoms with Crippen molar-refractivity contribution < 1.29 is 14.7 Å². The number of hydrogen-bond donors (Lipinski definition) is 2. The SMILES string of the molecule is C#CCCC1(CCC(=O)N2CCc3[nH]c4c(C(=O)O)cccc4c3C2)N=N1. The summed E-state index contributed by atoms with van der Waals surface area (Å²) in [5.74, 6) is 1.71. The van der Waals surface area contributed by atoms with Crippen molar-refractivity contribution in [3.8, 4) is 12.3 Å². The van der Waals surface area contributed by atoms with Gasteiger partial charge in [0.05, 0.1) is 11.1 Å². The molecule has 0 atom stereocenters. The Kier molecular flexibility index (Phi) is 4.19. The summed E-state index contributed by atoms with van der Waals surface area (Å²) in [6.45, 7) is 1.11. The predicted molar refractivity (Wildman–Crippen MR) is 99.3 cm³/mol. The number of carboxylic acid groups (broad SMARTS) is 1. The van der Waals surface area contributed by atoms with Gasteiger partial charge in [0, 0.05) is 61.8 Å². The number of nitrogens with zero attached hydrogens (tertiary/aromatic N) is 3. The minimum atomic E-state index is -0.957. The van der Waals surface area contributed by atoms with E-state index in [9.17, 15) is 14.7 Å². The van der Waals surface area contributed by atoms with Gasteiger partial charge in [-0.2, -0.15) is 10.2 Å². The van der Waals surface area contributed by atoms with E-state index in [0.29, 0.717) is 50.7 Å². The lowest BCUT2D eigenvalue weighted by Gasteiger charge is -2.27. The molecule has 1 aromatic heterocycles. The fourth-order valence-corrected chi connectivity index (χ4v) is 3.76. The van der Waals surface area contributed by atoms with Crippen LogP contribution in [0.4, 0.5) is 0 Å². The normalized spacial score (nSPS) is 16.8. The molecule has 27 heavy (non-hydrogen) atoms. The Balaban J connectivity index is 1.47. The number of H-pyrrole nitrogens is 1. The number of aromatic amines is 1. The highest BCUT2D eigenvalue weighted by atomic mass is 16.4. The number of carbonyl (C=O) groups excluding carboxylic acids is 1. The third-order valence-electron chi connectivity index (χ3n) is 5.39. The number of terminal acetylenes is 1. The molecule has 7 heteroatoms. The van der Waals surface area contributed by atoms with Gasteiger partial charge in [-0.25, -0.2) is 4.79 Å². The van der Waals surface area contributed by atoms with Gasteiger partial charge < -0.3 is 15.0 Å². The molecule has 138 valence electrons. The summed E-state index contributed by atoms with van der Waals surface area (Å²) >= 11 is 0. The van der Waals surface area contributed by atoms with Crippen LogP contribution in [0.3, 0.4) is 0 Å². The van der Waals surface area contributed by atoms with Crippen LogP contribution in [0.2, 0.25) is 0 Å². The zero-order valence-corrected chi connectivity index (χ0v) is 14.9. The van der Waals surface area contributed by atoms with E-state index in [1.807, 2.05) is 11.0 Å². The Bertz CT molecular complexity index is 993. The number of benzene rings is 1. The number of aromatic carboxylic acids is 1. The number of amides is 1. The first-order valence-electron chi connectivity index (χ1n) is 9.04. The van der Waals surface area contributed by atoms with E-state index in [2.05, 4.69) is 21.1 Å². The molecule has 0 saturated carbocycles. The third kappa shape index (κ3) is 3.19. The molecule has 1 amide bonds. The van der Waals surface area contributed by atoms with Gasteiger partial charge in [0.25, 0.3) is 0 Å². The van der Waals surface area contributed by atoms with Gasteiger partial charge >= 0.3 is 5.97 Å². The maximum atomic E-state index is 12.7. The molecule has 2 aliphatic rings. The number of nitrogens with one attached hydrogen (secondary N) is 1. The Labute approximate surface area is 156 Å². The van der Waals surface area contributed by atoms with E-state index in [0.717, 1.165) is 16.6 Å². The number of para-hydroxylation sites is 1. The first-order chi connectivity index (χ1) is 13.0. The first kappa shape index (κ1) is 17.3. The van der Waals surface area contributed by atoms with Crippen LogP contribution >= 0.6 is 0 Å². The molecule has 2 aromatic rings. The van der Waals surface area contributed by atoms with Crippen molar-refractivity contribution in [2.45, 2.75) is 44.3 Å². The lowest BCUT2D eigenvalue weighted by Crippen LogP contribution is -2.36. The molecule has 0 radical (unpaired) electrons. The molecule has 0 unspecified atom stereocenters. The zero-order chi connectivity index (χ0) is 19.0. The first-order valence-corrected chi connectivity index (χ1v) is 9.04. The quantitative estimate of drug-likeness (QED) is 0.771. The van der Waals surface area contributed by atoms with Crippen molar-refractivity contribution in [1.29, 1.82) is 0 Å². The second kappa shape index (κ2) is 6.54. The van der Waals surface area contributed by atoms with Crippen LogP contribution in [0.25, 0.3) is 10.9 Å². The van der Waals surface area contributed by atoms with Gasteiger partial charge in [0.1, 0.15) is 0 Å². The molecule has 4 rings (SSSR count). The van der Waals surface area contributed by atoms with Gasteiger partial charge in [-0.05, 0) is 6.07 Å². The Hall–Kier alpha value is -3.14. The monoisotopic (exact) mass is 364 g/mol.